The predicted octanol–water partition coefficient (Wildman–Crippen LogP) is 1.24. The summed E-state index contributed by atoms with van der Waals surface area (Å²) < 4.78 is 3.33. The molecule has 0 spiro atoms. The van der Waals surface area contributed by atoms with E-state index in [4.69, 9.17) is 4.98 Å². The molecule has 1 saturated heterocycles. The molecule has 4 heterocycles. The number of rotatable bonds is 5. The average Bonchev–Trinajstić information content (AvgIpc) is 3.07. The fourth-order valence-corrected chi connectivity index (χ4v) is 4.36. The van der Waals surface area contributed by atoms with E-state index in [0.29, 0.717) is 34.5 Å². The summed E-state index contributed by atoms with van der Waals surface area (Å²) in [5.41, 5.74) is 0.00323. The quantitative estimate of drug-likeness (QED) is 0.507. The molecule has 1 N–H and O–H groups in total. The van der Waals surface area contributed by atoms with Gasteiger partial charge in [0.2, 0.25) is 5.95 Å². The predicted molar refractivity (Wildman–Crippen MR) is 109 cm³/mol. The number of H-pyrrole nitrogens is 1. The fourth-order valence-electron chi connectivity index (χ4n) is 3.64. The lowest BCUT2D eigenvalue weighted by molar-refractivity contribution is 0.438. The monoisotopic (exact) mass is 401 g/mol. The second-order valence-electron chi connectivity index (χ2n) is 7.13. The number of aromatic amines is 1. The minimum Gasteiger partial charge on any atom is -0.342 e. The zero-order valence-corrected chi connectivity index (χ0v) is 16.8. The highest BCUT2D eigenvalue weighted by Gasteiger charge is 2.24. The Labute approximate surface area is 165 Å². The van der Waals surface area contributed by atoms with Gasteiger partial charge in [0.05, 0.1) is 0 Å². The molecular formula is C18H23N7O2S. The Balaban J connectivity index is 1.73. The van der Waals surface area contributed by atoms with Gasteiger partial charge in [-0.3, -0.25) is 14.3 Å². The third-order valence-corrected chi connectivity index (χ3v) is 5.87. The zero-order valence-electron chi connectivity index (χ0n) is 16.0. The van der Waals surface area contributed by atoms with Gasteiger partial charge in [-0.25, -0.2) is 14.8 Å². The number of aryl methyl sites for hydroxylation is 2. The maximum absolute atomic E-state index is 12.6. The van der Waals surface area contributed by atoms with E-state index in [-0.39, 0.29) is 0 Å². The van der Waals surface area contributed by atoms with Crippen LogP contribution in [0, 0.1) is 5.92 Å². The minimum atomic E-state index is -0.451. The number of nitrogens with zero attached hydrogens (tertiary/aromatic N) is 6. The number of hydrogen-bond donors (Lipinski definition) is 1. The molecule has 28 heavy (non-hydrogen) atoms. The van der Waals surface area contributed by atoms with Gasteiger partial charge in [-0.15, -0.1) is 0 Å². The van der Waals surface area contributed by atoms with Gasteiger partial charge in [0, 0.05) is 44.8 Å². The van der Waals surface area contributed by atoms with Crippen LogP contribution in [0.2, 0.25) is 0 Å². The number of aromatic nitrogens is 6. The lowest BCUT2D eigenvalue weighted by Gasteiger charge is -2.32. The first kappa shape index (κ1) is 18.7. The third kappa shape index (κ3) is 3.56. The molecule has 9 nitrogen and oxygen atoms in total. The number of anilines is 1. The summed E-state index contributed by atoms with van der Waals surface area (Å²) in [6, 6.07) is 1.78. The van der Waals surface area contributed by atoms with Crippen molar-refractivity contribution in [1.82, 2.24) is 29.1 Å². The van der Waals surface area contributed by atoms with Crippen molar-refractivity contribution >= 4 is 28.9 Å². The van der Waals surface area contributed by atoms with Gasteiger partial charge in [0.25, 0.3) is 5.56 Å². The Morgan fingerprint density at radius 2 is 2.07 bits per heavy atom. The first-order valence-corrected chi connectivity index (χ1v) is 10.4. The maximum atomic E-state index is 12.6. The summed E-state index contributed by atoms with van der Waals surface area (Å²) in [5.74, 6) is 2.01. The zero-order chi connectivity index (χ0) is 19.7. The van der Waals surface area contributed by atoms with Crippen molar-refractivity contribution in [2.24, 2.45) is 13.0 Å². The highest BCUT2D eigenvalue weighted by Crippen LogP contribution is 2.25. The Morgan fingerprint density at radius 3 is 2.82 bits per heavy atom. The van der Waals surface area contributed by atoms with E-state index < -0.39 is 11.2 Å². The van der Waals surface area contributed by atoms with Crippen LogP contribution in [0.1, 0.15) is 19.8 Å². The molecule has 4 rings (SSSR count). The van der Waals surface area contributed by atoms with Crippen LogP contribution < -0.4 is 16.1 Å². The lowest BCUT2D eigenvalue weighted by Crippen LogP contribution is -2.36. The lowest BCUT2D eigenvalue weighted by atomic mass is 10.0. The van der Waals surface area contributed by atoms with Gasteiger partial charge in [0.15, 0.2) is 16.3 Å². The van der Waals surface area contributed by atoms with E-state index in [1.807, 2.05) is 4.57 Å². The minimum absolute atomic E-state index is 0.400. The van der Waals surface area contributed by atoms with Crippen molar-refractivity contribution in [3.63, 3.8) is 0 Å². The van der Waals surface area contributed by atoms with E-state index >= 15 is 0 Å². The summed E-state index contributed by atoms with van der Waals surface area (Å²) in [6.07, 6.45) is 5.70. The van der Waals surface area contributed by atoms with E-state index in [0.717, 1.165) is 25.5 Å². The van der Waals surface area contributed by atoms with Crippen LogP contribution in [0.5, 0.6) is 0 Å². The van der Waals surface area contributed by atoms with Crippen molar-refractivity contribution in [1.29, 1.82) is 0 Å². The van der Waals surface area contributed by atoms with E-state index in [1.54, 1.807) is 25.5 Å². The Morgan fingerprint density at radius 1 is 1.29 bits per heavy atom. The van der Waals surface area contributed by atoms with Gasteiger partial charge in [-0.1, -0.05) is 18.7 Å². The number of hydrogen-bond acceptors (Lipinski definition) is 7. The summed E-state index contributed by atoms with van der Waals surface area (Å²) in [6.45, 7) is 4.59. The van der Waals surface area contributed by atoms with Crippen molar-refractivity contribution < 1.29 is 0 Å². The highest BCUT2D eigenvalue weighted by molar-refractivity contribution is 7.99. The normalized spacial score (nSPS) is 17.4. The van der Waals surface area contributed by atoms with Crippen molar-refractivity contribution in [2.45, 2.75) is 31.5 Å². The van der Waals surface area contributed by atoms with Crippen LogP contribution in [-0.4, -0.2) is 47.9 Å². The maximum Gasteiger partial charge on any atom is 0.329 e. The molecule has 1 aliphatic heterocycles. The van der Waals surface area contributed by atoms with Crippen LogP contribution in [0.25, 0.3) is 11.2 Å². The second-order valence-corrected chi connectivity index (χ2v) is 8.19. The van der Waals surface area contributed by atoms with Gasteiger partial charge < -0.3 is 9.47 Å². The molecule has 0 radical (unpaired) electrons. The number of thioether (sulfide) groups is 1. The summed E-state index contributed by atoms with van der Waals surface area (Å²) in [4.78, 5) is 42.4. The molecule has 0 aromatic carbocycles. The van der Waals surface area contributed by atoms with Crippen molar-refractivity contribution in [3.8, 4) is 0 Å². The van der Waals surface area contributed by atoms with E-state index in [1.165, 1.54) is 22.7 Å². The number of fused-ring (bicyclic) bond motifs is 1. The third-order valence-electron chi connectivity index (χ3n) is 5.01. The molecule has 0 unspecified atom stereocenters. The molecule has 3 aromatic heterocycles. The highest BCUT2D eigenvalue weighted by atomic mass is 32.2. The SMILES string of the molecule is C[C@@H]1CCCN(c2nc3c(c(=O)[nH]c(=O)n3C)n2CCSc2ncccn2)C1. The molecule has 148 valence electrons. The Kier molecular flexibility index (Phi) is 5.21. The smallest absolute Gasteiger partial charge is 0.329 e. The second kappa shape index (κ2) is 7.78. The molecule has 3 aromatic rings. The summed E-state index contributed by atoms with van der Waals surface area (Å²) in [5, 5.41) is 0.696. The molecule has 0 bridgehead atoms. The molecule has 1 atom stereocenters. The average molecular weight is 401 g/mol. The standard InChI is InChI=1S/C18H23N7O2S/c1-12-5-3-8-24(11-12)17-21-14-13(15(26)22-18(27)23(14)2)25(17)9-10-28-16-19-6-4-7-20-16/h4,6-7,12H,3,5,8-11H2,1-2H3,(H,22,26,27)/t12-/m1/s1. The number of piperidine rings is 1. The van der Waals surface area contributed by atoms with Gasteiger partial charge in [-0.2, -0.15) is 4.98 Å². The number of nitrogens with one attached hydrogen (secondary N) is 1. The Hall–Kier alpha value is -2.62. The van der Waals surface area contributed by atoms with Crippen molar-refractivity contribution in [2.75, 3.05) is 23.7 Å². The molecule has 1 fully saturated rings. The topological polar surface area (TPSA) is 102 Å². The van der Waals surface area contributed by atoms with Crippen LogP contribution in [0.4, 0.5) is 5.95 Å². The summed E-state index contributed by atoms with van der Waals surface area (Å²) in [7, 11) is 1.63. The van der Waals surface area contributed by atoms with Crippen LogP contribution in [0.3, 0.4) is 0 Å². The molecule has 10 heteroatoms. The van der Waals surface area contributed by atoms with Crippen LogP contribution >= 0.6 is 11.8 Å². The summed E-state index contributed by atoms with van der Waals surface area (Å²) >= 11 is 1.53. The first-order chi connectivity index (χ1) is 13.5. The van der Waals surface area contributed by atoms with Gasteiger partial charge in [0.1, 0.15) is 0 Å². The largest absolute Gasteiger partial charge is 0.342 e. The first-order valence-electron chi connectivity index (χ1n) is 9.39. The van der Waals surface area contributed by atoms with Crippen LogP contribution in [0.15, 0.2) is 33.2 Å². The van der Waals surface area contributed by atoms with E-state index in [9.17, 15) is 9.59 Å². The molecule has 0 aliphatic carbocycles. The molecule has 0 saturated carbocycles. The molecular weight excluding hydrogens is 378 g/mol. The van der Waals surface area contributed by atoms with Crippen molar-refractivity contribution in [3.05, 3.63) is 39.3 Å². The van der Waals surface area contributed by atoms with Gasteiger partial charge in [-0.05, 0) is 24.8 Å². The van der Waals surface area contributed by atoms with Gasteiger partial charge >= 0.3 is 5.69 Å². The fraction of sp³-hybridized carbons (Fsp3) is 0.500. The van der Waals surface area contributed by atoms with Crippen LogP contribution in [-0.2, 0) is 13.6 Å². The Bertz CT molecular complexity index is 1090. The molecule has 1 aliphatic rings. The number of imidazole rings is 1. The molecule has 0 amide bonds. The van der Waals surface area contributed by atoms with E-state index in [2.05, 4.69) is 26.8 Å².